The minimum atomic E-state index is -0.318. The Labute approximate surface area is 94.7 Å². The summed E-state index contributed by atoms with van der Waals surface area (Å²) in [7, 11) is 1.68. The molecule has 1 saturated carbocycles. The second kappa shape index (κ2) is 4.66. The van der Waals surface area contributed by atoms with Gasteiger partial charge in [-0.1, -0.05) is 24.6 Å². The van der Waals surface area contributed by atoms with E-state index in [1.54, 1.807) is 19.2 Å². The van der Waals surface area contributed by atoms with Gasteiger partial charge in [-0.05, 0) is 18.9 Å². The quantitative estimate of drug-likeness (QED) is 0.829. The largest absolute Gasteiger partial charge is 0.504 e. The fourth-order valence-electron chi connectivity index (χ4n) is 2.47. The van der Waals surface area contributed by atoms with Crippen molar-refractivity contribution in [1.82, 2.24) is 0 Å². The van der Waals surface area contributed by atoms with E-state index in [9.17, 15) is 9.90 Å². The van der Waals surface area contributed by atoms with E-state index >= 15 is 0 Å². The van der Waals surface area contributed by atoms with Crippen LogP contribution < -0.4 is 5.43 Å². The summed E-state index contributed by atoms with van der Waals surface area (Å²) in [5.74, 6) is 0.0176. The van der Waals surface area contributed by atoms with Crippen molar-refractivity contribution in [2.75, 3.05) is 7.11 Å². The predicted molar refractivity (Wildman–Crippen MR) is 61.8 cm³/mol. The van der Waals surface area contributed by atoms with Crippen molar-refractivity contribution in [2.24, 2.45) is 0 Å². The summed E-state index contributed by atoms with van der Waals surface area (Å²) in [6.45, 7) is 0. The Kier molecular flexibility index (Phi) is 3.25. The highest BCUT2D eigenvalue weighted by Gasteiger charge is 2.30. The molecule has 0 amide bonds. The van der Waals surface area contributed by atoms with Crippen LogP contribution >= 0.6 is 0 Å². The molecule has 0 spiro atoms. The molecule has 16 heavy (non-hydrogen) atoms. The van der Waals surface area contributed by atoms with Crippen molar-refractivity contribution in [3.63, 3.8) is 0 Å². The monoisotopic (exact) mass is 220 g/mol. The molecule has 2 unspecified atom stereocenters. The van der Waals surface area contributed by atoms with Crippen LogP contribution in [0.1, 0.15) is 30.7 Å². The van der Waals surface area contributed by atoms with E-state index in [1.165, 1.54) is 6.07 Å². The molecule has 0 bridgehead atoms. The van der Waals surface area contributed by atoms with Gasteiger partial charge in [0.2, 0.25) is 5.43 Å². The first-order chi connectivity index (χ1) is 7.74. The first-order valence-corrected chi connectivity index (χ1v) is 5.59. The zero-order valence-corrected chi connectivity index (χ0v) is 9.35. The van der Waals surface area contributed by atoms with Crippen LogP contribution in [0.15, 0.2) is 29.1 Å². The second-order valence-corrected chi connectivity index (χ2v) is 4.20. The molecule has 0 saturated heterocycles. The lowest BCUT2D eigenvalue weighted by Gasteiger charge is -2.18. The van der Waals surface area contributed by atoms with Gasteiger partial charge in [0.15, 0.2) is 5.75 Å². The highest BCUT2D eigenvalue weighted by Crippen LogP contribution is 2.38. The standard InChI is InChI=1S/C13H16O3/c1-16-12-8-4-6-9(12)10-5-2-3-7-11(14)13(10)15/h2-3,5,7,9,12H,4,6,8H2,1H3,(H,14,15). The summed E-state index contributed by atoms with van der Waals surface area (Å²) in [4.78, 5) is 11.5. The average molecular weight is 220 g/mol. The van der Waals surface area contributed by atoms with Crippen LogP contribution in [0.5, 0.6) is 5.75 Å². The Balaban J connectivity index is 2.45. The molecule has 1 fully saturated rings. The number of ether oxygens (including phenoxy) is 1. The number of methoxy groups -OCH3 is 1. The fourth-order valence-corrected chi connectivity index (χ4v) is 2.47. The molecule has 2 atom stereocenters. The van der Waals surface area contributed by atoms with Gasteiger partial charge in [-0.2, -0.15) is 0 Å². The van der Waals surface area contributed by atoms with E-state index in [-0.39, 0.29) is 23.2 Å². The number of aromatic hydroxyl groups is 1. The summed E-state index contributed by atoms with van der Waals surface area (Å²) in [5.41, 5.74) is 0.404. The molecule has 3 nitrogen and oxygen atoms in total. The number of rotatable bonds is 2. The van der Waals surface area contributed by atoms with Crippen LogP contribution in [0.25, 0.3) is 0 Å². The highest BCUT2D eigenvalue weighted by molar-refractivity contribution is 5.35. The normalized spacial score (nSPS) is 24.6. The Morgan fingerprint density at radius 1 is 1.31 bits per heavy atom. The summed E-state index contributed by atoms with van der Waals surface area (Å²) in [5, 5.41) is 9.86. The molecule has 1 aromatic carbocycles. The van der Waals surface area contributed by atoms with Crippen LogP contribution in [-0.2, 0) is 4.74 Å². The Bertz CT molecular complexity index is 428. The average Bonchev–Trinajstić information content (AvgIpc) is 2.69. The summed E-state index contributed by atoms with van der Waals surface area (Å²) >= 11 is 0. The molecular formula is C13H16O3. The fraction of sp³-hybridized carbons (Fsp3) is 0.462. The molecule has 0 aliphatic heterocycles. The maximum Gasteiger partial charge on any atom is 0.220 e. The second-order valence-electron chi connectivity index (χ2n) is 4.20. The summed E-state index contributed by atoms with van der Waals surface area (Å²) in [6, 6.07) is 6.65. The van der Waals surface area contributed by atoms with E-state index in [0.29, 0.717) is 0 Å². The lowest BCUT2D eigenvalue weighted by atomic mass is 9.96. The van der Waals surface area contributed by atoms with Crippen molar-refractivity contribution in [1.29, 1.82) is 0 Å². The lowest BCUT2D eigenvalue weighted by Crippen LogP contribution is -2.15. The van der Waals surface area contributed by atoms with Gasteiger partial charge in [0.25, 0.3) is 0 Å². The third kappa shape index (κ3) is 1.95. The van der Waals surface area contributed by atoms with E-state index in [4.69, 9.17) is 4.74 Å². The van der Waals surface area contributed by atoms with Crippen molar-refractivity contribution >= 4 is 0 Å². The van der Waals surface area contributed by atoms with E-state index in [1.807, 2.05) is 6.07 Å². The topological polar surface area (TPSA) is 46.5 Å². The maximum atomic E-state index is 11.5. The summed E-state index contributed by atoms with van der Waals surface area (Å²) < 4.78 is 5.39. The van der Waals surface area contributed by atoms with Gasteiger partial charge in [0.1, 0.15) is 0 Å². The highest BCUT2D eigenvalue weighted by atomic mass is 16.5. The smallest absolute Gasteiger partial charge is 0.220 e. The first kappa shape index (κ1) is 11.1. The van der Waals surface area contributed by atoms with Gasteiger partial charge >= 0.3 is 0 Å². The van der Waals surface area contributed by atoms with Crippen LogP contribution in [0.4, 0.5) is 0 Å². The van der Waals surface area contributed by atoms with E-state index in [2.05, 4.69) is 0 Å². The Morgan fingerprint density at radius 2 is 2.06 bits per heavy atom. The zero-order valence-electron chi connectivity index (χ0n) is 9.35. The molecule has 3 heteroatoms. The van der Waals surface area contributed by atoms with Gasteiger partial charge < -0.3 is 9.84 Å². The van der Waals surface area contributed by atoms with Crippen LogP contribution in [0, 0.1) is 0 Å². The van der Waals surface area contributed by atoms with Crippen molar-refractivity contribution in [3.8, 4) is 5.75 Å². The molecule has 86 valence electrons. The predicted octanol–water partition coefficient (Wildman–Crippen LogP) is 2.03. The molecule has 1 aliphatic rings. The lowest BCUT2D eigenvalue weighted by molar-refractivity contribution is 0.0938. The molecule has 0 aromatic heterocycles. The van der Waals surface area contributed by atoms with Gasteiger partial charge in [-0.25, -0.2) is 0 Å². The Morgan fingerprint density at radius 3 is 2.81 bits per heavy atom. The van der Waals surface area contributed by atoms with E-state index < -0.39 is 0 Å². The van der Waals surface area contributed by atoms with Gasteiger partial charge in [-0.15, -0.1) is 0 Å². The number of hydrogen-bond donors (Lipinski definition) is 1. The third-order valence-electron chi connectivity index (χ3n) is 3.30. The molecule has 1 aliphatic carbocycles. The molecular weight excluding hydrogens is 204 g/mol. The molecule has 1 N–H and O–H groups in total. The minimum Gasteiger partial charge on any atom is -0.504 e. The number of hydrogen-bond acceptors (Lipinski definition) is 3. The van der Waals surface area contributed by atoms with Crippen molar-refractivity contribution in [2.45, 2.75) is 31.3 Å². The van der Waals surface area contributed by atoms with Gasteiger partial charge in [-0.3, -0.25) is 4.79 Å². The minimum absolute atomic E-state index is 0.118. The molecule has 2 rings (SSSR count). The maximum absolute atomic E-state index is 11.5. The zero-order chi connectivity index (χ0) is 11.5. The van der Waals surface area contributed by atoms with E-state index in [0.717, 1.165) is 24.8 Å². The SMILES string of the molecule is COC1CCCC1c1ccccc(=O)c1O. The van der Waals surface area contributed by atoms with Crippen LogP contribution in [0.3, 0.4) is 0 Å². The molecule has 0 radical (unpaired) electrons. The molecule has 1 aromatic rings. The van der Waals surface area contributed by atoms with Gasteiger partial charge in [0.05, 0.1) is 6.10 Å². The van der Waals surface area contributed by atoms with Crippen LogP contribution in [0.2, 0.25) is 0 Å². The molecule has 0 heterocycles. The third-order valence-corrected chi connectivity index (χ3v) is 3.30. The van der Waals surface area contributed by atoms with Crippen molar-refractivity contribution in [3.05, 3.63) is 40.1 Å². The van der Waals surface area contributed by atoms with Crippen LogP contribution in [-0.4, -0.2) is 18.3 Å². The van der Waals surface area contributed by atoms with Gasteiger partial charge in [0, 0.05) is 18.6 Å². The Hall–Kier alpha value is -1.35. The van der Waals surface area contributed by atoms with Crippen molar-refractivity contribution < 1.29 is 9.84 Å². The summed E-state index contributed by atoms with van der Waals surface area (Å²) in [6.07, 6.45) is 3.16. The first-order valence-electron chi connectivity index (χ1n) is 5.59.